The average Bonchev–Trinajstić information content (AvgIpc) is 2.38. The number of benzene rings is 1. The number of aromatic nitrogens is 1. The minimum Gasteiger partial charge on any atom is -0.231 e. The van der Waals surface area contributed by atoms with Crippen LogP contribution in [0.2, 0.25) is 5.02 Å². The molecule has 0 atom stereocenters. The van der Waals surface area contributed by atoms with Gasteiger partial charge in [0, 0.05) is 10.8 Å². The van der Waals surface area contributed by atoms with Gasteiger partial charge in [-0.25, -0.2) is 4.98 Å². The van der Waals surface area contributed by atoms with Crippen molar-refractivity contribution in [1.29, 1.82) is 5.26 Å². The van der Waals surface area contributed by atoms with Crippen molar-refractivity contribution < 1.29 is 0 Å². The third-order valence-electron chi connectivity index (χ3n) is 2.14. The van der Waals surface area contributed by atoms with Crippen LogP contribution >= 0.6 is 23.4 Å². The van der Waals surface area contributed by atoms with Crippen LogP contribution in [0.15, 0.2) is 47.5 Å². The molecule has 1 aromatic carbocycles. The summed E-state index contributed by atoms with van der Waals surface area (Å²) >= 11 is 7.42. The topological polar surface area (TPSA) is 36.7 Å². The Morgan fingerprint density at radius 1 is 1.18 bits per heavy atom. The van der Waals surface area contributed by atoms with Gasteiger partial charge < -0.3 is 0 Å². The van der Waals surface area contributed by atoms with E-state index in [0.29, 0.717) is 5.69 Å². The van der Waals surface area contributed by atoms with E-state index >= 15 is 0 Å². The van der Waals surface area contributed by atoms with Crippen molar-refractivity contribution in [1.82, 2.24) is 4.98 Å². The Balaban J connectivity index is 2.02. The van der Waals surface area contributed by atoms with Crippen LogP contribution < -0.4 is 0 Å². The van der Waals surface area contributed by atoms with E-state index in [-0.39, 0.29) is 0 Å². The predicted molar refractivity (Wildman–Crippen MR) is 70.0 cm³/mol. The van der Waals surface area contributed by atoms with E-state index in [1.165, 1.54) is 5.56 Å². The van der Waals surface area contributed by atoms with E-state index in [2.05, 4.69) is 4.98 Å². The molecule has 0 saturated heterocycles. The van der Waals surface area contributed by atoms with Gasteiger partial charge in [-0.05, 0) is 29.8 Å². The Kier molecular flexibility index (Phi) is 4.03. The number of hydrogen-bond acceptors (Lipinski definition) is 3. The number of rotatable bonds is 3. The highest BCUT2D eigenvalue weighted by Crippen LogP contribution is 2.21. The Hall–Kier alpha value is -1.50. The minimum atomic E-state index is 0.450. The highest BCUT2D eigenvalue weighted by atomic mass is 35.5. The molecule has 0 aliphatic carbocycles. The third-order valence-corrected chi connectivity index (χ3v) is 3.39. The lowest BCUT2D eigenvalue weighted by atomic mass is 10.2. The first-order chi connectivity index (χ1) is 8.28. The Bertz CT molecular complexity index is 546. The first kappa shape index (κ1) is 12.0. The molecule has 0 saturated carbocycles. The summed E-state index contributed by atoms with van der Waals surface area (Å²) in [7, 11) is 0. The van der Waals surface area contributed by atoms with Crippen LogP contribution in [0.1, 0.15) is 11.3 Å². The molecule has 1 aromatic heterocycles. The molecule has 0 spiro atoms. The van der Waals surface area contributed by atoms with Gasteiger partial charge in [-0.2, -0.15) is 5.26 Å². The fourth-order valence-electron chi connectivity index (χ4n) is 1.30. The smallest absolute Gasteiger partial charge is 0.141 e. The summed E-state index contributed by atoms with van der Waals surface area (Å²) < 4.78 is 0. The Morgan fingerprint density at radius 3 is 2.65 bits per heavy atom. The van der Waals surface area contributed by atoms with Crippen molar-refractivity contribution >= 4 is 23.4 Å². The average molecular weight is 261 g/mol. The van der Waals surface area contributed by atoms with E-state index in [0.717, 1.165) is 15.8 Å². The van der Waals surface area contributed by atoms with Crippen molar-refractivity contribution in [3.05, 3.63) is 58.7 Å². The lowest BCUT2D eigenvalue weighted by molar-refractivity contribution is 1.10. The molecule has 84 valence electrons. The molecule has 0 aliphatic heterocycles. The predicted octanol–water partition coefficient (Wildman–Crippen LogP) is 3.90. The number of thioether (sulfide) groups is 1. The second-order valence-electron chi connectivity index (χ2n) is 3.39. The number of pyridine rings is 1. The van der Waals surface area contributed by atoms with Crippen LogP contribution in [0.3, 0.4) is 0 Å². The fourth-order valence-corrected chi connectivity index (χ4v) is 2.27. The van der Waals surface area contributed by atoms with Gasteiger partial charge in [0.25, 0.3) is 0 Å². The fraction of sp³-hybridized carbons (Fsp3) is 0.0769. The summed E-state index contributed by atoms with van der Waals surface area (Å²) in [5, 5.41) is 10.3. The standard InChI is InChI=1S/C13H9ClN2S/c14-11-6-4-10(5-7-11)9-17-13-3-1-2-12(8-15)16-13/h1-7H,9H2. The highest BCUT2D eigenvalue weighted by Gasteiger charge is 1.99. The molecule has 1 heterocycles. The lowest BCUT2D eigenvalue weighted by Crippen LogP contribution is -1.86. The van der Waals surface area contributed by atoms with Crippen LogP contribution in [0, 0.1) is 11.3 Å². The van der Waals surface area contributed by atoms with E-state index in [1.54, 1.807) is 17.8 Å². The first-order valence-electron chi connectivity index (χ1n) is 5.02. The van der Waals surface area contributed by atoms with Gasteiger partial charge in [0.2, 0.25) is 0 Å². The molecule has 0 unspecified atom stereocenters. The van der Waals surface area contributed by atoms with Gasteiger partial charge in [0.15, 0.2) is 0 Å². The van der Waals surface area contributed by atoms with Gasteiger partial charge in [-0.15, -0.1) is 11.8 Å². The molecule has 2 aromatic rings. The zero-order valence-corrected chi connectivity index (χ0v) is 10.5. The second-order valence-corrected chi connectivity index (χ2v) is 4.82. The van der Waals surface area contributed by atoms with Crippen molar-refractivity contribution in [2.75, 3.05) is 0 Å². The van der Waals surface area contributed by atoms with E-state index in [1.807, 2.05) is 42.5 Å². The maximum atomic E-state index is 8.74. The number of hydrogen-bond donors (Lipinski definition) is 0. The van der Waals surface area contributed by atoms with Crippen LogP contribution in [0.5, 0.6) is 0 Å². The van der Waals surface area contributed by atoms with E-state index < -0.39 is 0 Å². The summed E-state index contributed by atoms with van der Waals surface area (Å²) in [6.07, 6.45) is 0. The molecule has 0 amide bonds. The van der Waals surface area contributed by atoms with Crippen molar-refractivity contribution in [3.63, 3.8) is 0 Å². The number of nitrogens with zero attached hydrogens (tertiary/aromatic N) is 2. The minimum absolute atomic E-state index is 0.450. The molecule has 0 bridgehead atoms. The number of nitriles is 1. The molecule has 2 rings (SSSR count). The SMILES string of the molecule is N#Cc1cccc(SCc2ccc(Cl)cc2)n1. The number of halogens is 1. The lowest BCUT2D eigenvalue weighted by Gasteiger charge is -2.01. The summed E-state index contributed by atoms with van der Waals surface area (Å²) in [4.78, 5) is 4.20. The Morgan fingerprint density at radius 2 is 1.94 bits per heavy atom. The first-order valence-corrected chi connectivity index (χ1v) is 6.39. The molecule has 2 nitrogen and oxygen atoms in total. The normalized spacial score (nSPS) is 9.88. The third kappa shape index (κ3) is 3.48. The second kappa shape index (κ2) is 5.72. The molecule has 0 fully saturated rings. The summed E-state index contributed by atoms with van der Waals surface area (Å²) in [5.74, 6) is 0.819. The summed E-state index contributed by atoms with van der Waals surface area (Å²) in [6, 6.07) is 15.2. The maximum Gasteiger partial charge on any atom is 0.141 e. The van der Waals surface area contributed by atoms with Crippen LogP contribution in [-0.2, 0) is 5.75 Å². The van der Waals surface area contributed by atoms with Crippen LogP contribution in [0.25, 0.3) is 0 Å². The molecule has 0 radical (unpaired) electrons. The monoisotopic (exact) mass is 260 g/mol. The zero-order chi connectivity index (χ0) is 12.1. The molecule has 0 N–H and O–H groups in total. The van der Waals surface area contributed by atoms with E-state index in [4.69, 9.17) is 16.9 Å². The van der Waals surface area contributed by atoms with Crippen LogP contribution in [-0.4, -0.2) is 4.98 Å². The molecular weight excluding hydrogens is 252 g/mol. The van der Waals surface area contributed by atoms with Crippen molar-refractivity contribution in [2.24, 2.45) is 0 Å². The summed E-state index contributed by atoms with van der Waals surface area (Å²) in [6.45, 7) is 0. The summed E-state index contributed by atoms with van der Waals surface area (Å²) in [5.41, 5.74) is 1.63. The zero-order valence-electron chi connectivity index (χ0n) is 8.93. The van der Waals surface area contributed by atoms with Crippen molar-refractivity contribution in [3.8, 4) is 6.07 Å². The van der Waals surface area contributed by atoms with Crippen molar-refractivity contribution in [2.45, 2.75) is 10.8 Å². The molecule has 17 heavy (non-hydrogen) atoms. The van der Waals surface area contributed by atoms with Gasteiger partial charge in [-0.1, -0.05) is 29.8 Å². The van der Waals surface area contributed by atoms with Crippen LogP contribution in [0.4, 0.5) is 0 Å². The van der Waals surface area contributed by atoms with Gasteiger partial charge in [0.05, 0.1) is 5.03 Å². The van der Waals surface area contributed by atoms with Gasteiger partial charge in [-0.3, -0.25) is 0 Å². The maximum absolute atomic E-state index is 8.74. The Labute approximate surface area is 109 Å². The van der Waals surface area contributed by atoms with E-state index in [9.17, 15) is 0 Å². The largest absolute Gasteiger partial charge is 0.231 e. The molecule has 4 heteroatoms. The quantitative estimate of drug-likeness (QED) is 0.786. The van der Waals surface area contributed by atoms with Gasteiger partial charge >= 0.3 is 0 Å². The van der Waals surface area contributed by atoms with Gasteiger partial charge in [0.1, 0.15) is 11.8 Å². The molecular formula is C13H9ClN2S. The highest BCUT2D eigenvalue weighted by molar-refractivity contribution is 7.98. The molecule has 0 aliphatic rings.